The molecule has 5 rings (SSSR count). The third kappa shape index (κ3) is 4.42. The van der Waals surface area contributed by atoms with Crippen molar-refractivity contribution in [2.24, 2.45) is 0 Å². The molecule has 1 atom stereocenters. The lowest BCUT2D eigenvalue weighted by Crippen LogP contribution is -2.38. The van der Waals surface area contributed by atoms with Gasteiger partial charge in [0.05, 0.1) is 35.7 Å². The molecule has 0 N–H and O–H groups in total. The maximum Gasteiger partial charge on any atom is 0.307 e. The number of benzene rings is 3. The van der Waals surface area contributed by atoms with Gasteiger partial charge in [-0.05, 0) is 47.9 Å². The zero-order chi connectivity index (χ0) is 24.6. The standard InChI is InChI=1S/C27H25BrN2O4S/c1-34-26(31)17-25-27-22(14-15-29(25)18-19-8-4-2-5-9-19)23-16-20(28)12-13-24(23)30(27)35(32,33)21-10-6-3-7-11-21/h2-13,16,25H,14-15,17-18H2,1H3. The van der Waals surface area contributed by atoms with E-state index in [1.165, 1.54) is 11.1 Å². The summed E-state index contributed by atoms with van der Waals surface area (Å²) in [5.74, 6) is -0.379. The van der Waals surface area contributed by atoms with Gasteiger partial charge in [0, 0.05) is 22.9 Å². The molecule has 2 heterocycles. The van der Waals surface area contributed by atoms with Crippen LogP contribution in [0.2, 0.25) is 0 Å². The van der Waals surface area contributed by atoms with Crippen molar-refractivity contribution in [3.05, 3.63) is 100 Å². The number of ether oxygens (including phenoxy) is 1. The van der Waals surface area contributed by atoms with Crippen molar-refractivity contribution >= 4 is 42.8 Å². The molecule has 0 fully saturated rings. The van der Waals surface area contributed by atoms with E-state index in [0.717, 1.165) is 21.0 Å². The zero-order valence-electron chi connectivity index (χ0n) is 19.2. The summed E-state index contributed by atoms with van der Waals surface area (Å²) in [7, 11) is -2.56. The van der Waals surface area contributed by atoms with Crippen LogP contribution in [0.5, 0.6) is 0 Å². The fourth-order valence-electron chi connectivity index (χ4n) is 4.93. The number of fused-ring (bicyclic) bond motifs is 3. The average molecular weight is 553 g/mol. The quantitative estimate of drug-likeness (QED) is 0.303. The number of carbonyl (C=O) groups is 1. The van der Waals surface area contributed by atoms with Gasteiger partial charge in [-0.2, -0.15) is 0 Å². The van der Waals surface area contributed by atoms with Crippen molar-refractivity contribution in [3.63, 3.8) is 0 Å². The number of esters is 1. The van der Waals surface area contributed by atoms with Gasteiger partial charge < -0.3 is 4.74 Å². The fraction of sp³-hybridized carbons (Fsp3) is 0.222. The normalized spacial score (nSPS) is 16.2. The molecule has 1 aliphatic rings. The van der Waals surface area contributed by atoms with Gasteiger partial charge in [0.2, 0.25) is 0 Å². The molecule has 1 aliphatic heterocycles. The fourth-order valence-corrected chi connectivity index (χ4v) is 6.91. The smallest absolute Gasteiger partial charge is 0.307 e. The Morgan fingerprint density at radius 1 is 1.03 bits per heavy atom. The monoisotopic (exact) mass is 552 g/mol. The molecule has 8 heteroatoms. The Kier molecular flexibility index (Phi) is 6.53. The SMILES string of the molecule is COC(=O)CC1c2c(c3cc(Br)ccc3n2S(=O)(=O)c2ccccc2)CCN1Cc1ccccc1. The van der Waals surface area contributed by atoms with Crippen LogP contribution < -0.4 is 0 Å². The highest BCUT2D eigenvalue weighted by atomic mass is 79.9. The highest BCUT2D eigenvalue weighted by Gasteiger charge is 2.38. The van der Waals surface area contributed by atoms with Gasteiger partial charge in [-0.1, -0.05) is 64.5 Å². The summed E-state index contributed by atoms with van der Waals surface area (Å²) >= 11 is 3.54. The summed E-state index contributed by atoms with van der Waals surface area (Å²) in [6, 6.07) is 23.6. The number of nitrogens with zero attached hydrogens (tertiary/aromatic N) is 2. The molecule has 4 aromatic rings. The molecular weight excluding hydrogens is 528 g/mol. The van der Waals surface area contributed by atoms with E-state index in [1.54, 1.807) is 30.3 Å². The van der Waals surface area contributed by atoms with Crippen LogP contribution in [0.25, 0.3) is 10.9 Å². The lowest BCUT2D eigenvalue weighted by Gasteiger charge is -2.36. The van der Waals surface area contributed by atoms with Crippen LogP contribution in [0.3, 0.4) is 0 Å². The number of rotatable bonds is 6. The Morgan fingerprint density at radius 3 is 2.40 bits per heavy atom. The third-order valence-electron chi connectivity index (χ3n) is 6.53. The summed E-state index contributed by atoms with van der Waals surface area (Å²) in [5.41, 5.74) is 3.30. The molecule has 0 spiro atoms. The predicted octanol–water partition coefficient (Wildman–Crippen LogP) is 5.30. The molecule has 180 valence electrons. The minimum Gasteiger partial charge on any atom is -0.469 e. The van der Waals surface area contributed by atoms with Crippen molar-refractivity contribution < 1.29 is 17.9 Å². The second-order valence-electron chi connectivity index (χ2n) is 8.61. The Balaban J connectivity index is 1.75. The van der Waals surface area contributed by atoms with E-state index in [1.807, 2.05) is 48.5 Å². The van der Waals surface area contributed by atoms with Crippen molar-refractivity contribution in [1.82, 2.24) is 8.87 Å². The second kappa shape index (κ2) is 9.60. The Labute approximate surface area is 213 Å². The van der Waals surface area contributed by atoms with E-state index in [9.17, 15) is 13.2 Å². The maximum absolute atomic E-state index is 14.0. The van der Waals surface area contributed by atoms with E-state index in [4.69, 9.17) is 4.74 Å². The van der Waals surface area contributed by atoms with Crippen LogP contribution in [0.4, 0.5) is 0 Å². The van der Waals surface area contributed by atoms with E-state index in [0.29, 0.717) is 30.7 Å². The summed E-state index contributed by atoms with van der Waals surface area (Å²) in [6.07, 6.45) is 0.724. The van der Waals surface area contributed by atoms with E-state index in [2.05, 4.69) is 20.8 Å². The van der Waals surface area contributed by atoms with Gasteiger partial charge in [-0.15, -0.1) is 0 Å². The van der Waals surface area contributed by atoms with Crippen LogP contribution in [-0.2, 0) is 32.5 Å². The number of carbonyl (C=O) groups excluding carboxylic acids is 1. The number of halogens is 1. The van der Waals surface area contributed by atoms with Gasteiger partial charge in [0.25, 0.3) is 10.0 Å². The molecule has 6 nitrogen and oxygen atoms in total. The van der Waals surface area contributed by atoms with Crippen LogP contribution in [0.1, 0.15) is 29.3 Å². The number of methoxy groups -OCH3 is 1. The summed E-state index contributed by atoms with van der Waals surface area (Å²) in [6.45, 7) is 1.29. The summed E-state index contributed by atoms with van der Waals surface area (Å²) in [5, 5.41) is 0.878. The second-order valence-corrected chi connectivity index (χ2v) is 11.3. The molecule has 0 aliphatic carbocycles. The van der Waals surface area contributed by atoms with Gasteiger partial charge in [0.1, 0.15) is 0 Å². The Morgan fingerprint density at radius 2 is 1.71 bits per heavy atom. The van der Waals surface area contributed by atoms with Crippen molar-refractivity contribution in [3.8, 4) is 0 Å². The van der Waals surface area contributed by atoms with Gasteiger partial charge in [-0.25, -0.2) is 12.4 Å². The molecule has 0 saturated heterocycles. The average Bonchev–Trinajstić information content (AvgIpc) is 3.21. The molecule has 3 aromatic carbocycles. The first-order valence-corrected chi connectivity index (χ1v) is 13.6. The molecule has 0 bridgehead atoms. The lowest BCUT2D eigenvalue weighted by molar-refractivity contribution is -0.142. The Bertz CT molecular complexity index is 1480. The molecule has 0 saturated carbocycles. The molecule has 0 amide bonds. The first kappa shape index (κ1) is 23.8. The maximum atomic E-state index is 14.0. The number of hydrogen-bond donors (Lipinski definition) is 0. The summed E-state index contributed by atoms with van der Waals surface area (Å²) in [4.78, 5) is 15.0. The minimum atomic E-state index is -3.93. The number of hydrogen-bond acceptors (Lipinski definition) is 5. The first-order valence-electron chi connectivity index (χ1n) is 11.4. The molecule has 35 heavy (non-hydrogen) atoms. The lowest BCUT2D eigenvalue weighted by atomic mass is 9.94. The van der Waals surface area contributed by atoms with E-state index >= 15 is 0 Å². The molecule has 1 unspecified atom stereocenters. The van der Waals surface area contributed by atoms with Gasteiger partial charge >= 0.3 is 5.97 Å². The van der Waals surface area contributed by atoms with Gasteiger partial charge in [0.15, 0.2) is 0 Å². The van der Waals surface area contributed by atoms with Crippen molar-refractivity contribution in [2.75, 3.05) is 13.7 Å². The van der Waals surface area contributed by atoms with E-state index < -0.39 is 16.1 Å². The number of aromatic nitrogens is 1. The minimum absolute atomic E-state index is 0.0537. The zero-order valence-corrected chi connectivity index (χ0v) is 21.6. The molecule has 1 aromatic heterocycles. The highest BCUT2D eigenvalue weighted by Crippen LogP contribution is 2.42. The molecule has 0 radical (unpaired) electrons. The van der Waals surface area contributed by atoms with Crippen LogP contribution in [-0.4, -0.2) is 36.9 Å². The van der Waals surface area contributed by atoms with Gasteiger partial charge in [-0.3, -0.25) is 9.69 Å². The van der Waals surface area contributed by atoms with Crippen LogP contribution in [0, 0.1) is 0 Å². The Hall–Kier alpha value is -2.94. The predicted molar refractivity (Wildman–Crippen MR) is 139 cm³/mol. The van der Waals surface area contributed by atoms with Crippen LogP contribution in [0.15, 0.2) is 88.2 Å². The highest BCUT2D eigenvalue weighted by molar-refractivity contribution is 9.10. The first-order chi connectivity index (χ1) is 16.9. The third-order valence-corrected chi connectivity index (χ3v) is 8.77. The van der Waals surface area contributed by atoms with Crippen molar-refractivity contribution in [2.45, 2.75) is 30.3 Å². The largest absolute Gasteiger partial charge is 0.469 e. The summed E-state index contributed by atoms with van der Waals surface area (Å²) < 4.78 is 35.5. The molecular formula is C27H25BrN2O4S. The van der Waals surface area contributed by atoms with Crippen LogP contribution >= 0.6 is 15.9 Å². The van der Waals surface area contributed by atoms with E-state index in [-0.39, 0.29) is 17.3 Å². The van der Waals surface area contributed by atoms with Crippen molar-refractivity contribution in [1.29, 1.82) is 0 Å². The topological polar surface area (TPSA) is 68.6 Å².